The van der Waals surface area contributed by atoms with Gasteiger partial charge in [-0.3, -0.25) is 4.79 Å². The zero-order valence-electron chi connectivity index (χ0n) is 13.2. The van der Waals surface area contributed by atoms with E-state index in [0.29, 0.717) is 25.3 Å². The number of hydrogen-bond acceptors (Lipinski definition) is 3. The fourth-order valence-corrected chi connectivity index (χ4v) is 3.33. The van der Waals surface area contributed by atoms with Crippen molar-refractivity contribution >= 4 is 11.6 Å². The number of anilines is 1. The summed E-state index contributed by atoms with van der Waals surface area (Å²) in [5.74, 6) is -2.11. The Morgan fingerprint density at radius 2 is 1.87 bits per heavy atom. The Bertz CT molecular complexity index is 577. The van der Waals surface area contributed by atoms with E-state index in [4.69, 9.17) is 9.47 Å². The molecular weight excluding hydrogens is 304 g/mol. The van der Waals surface area contributed by atoms with Gasteiger partial charge in [0.25, 0.3) is 0 Å². The van der Waals surface area contributed by atoms with Crippen LogP contribution in [0.1, 0.15) is 32.1 Å². The molecule has 1 spiro atoms. The average molecular weight is 325 g/mol. The first kappa shape index (κ1) is 16.3. The van der Waals surface area contributed by atoms with Crippen molar-refractivity contribution in [2.24, 2.45) is 5.92 Å². The molecule has 1 aromatic rings. The highest BCUT2D eigenvalue weighted by Crippen LogP contribution is 2.39. The van der Waals surface area contributed by atoms with Gasteiger partial charge in [0.1, 0.15) is 0 Å². The number of hydrogen-bond donors (Lipinski definition) is 0. The summed E-state index contributed by atoms with van der Waals surface area (Å²) in [4.78, 5) is 13.8. The smallest absolute Gasteiger partial charge is 0.226 e. The maximum atomic E-state index is 13.3. The van der Waals surface area contributed by atoms with Gasteiger partial charge in [-0.2, -0.15) is 0 Å². The van der Waals surface area contributed by atoms with Gasteiger partial charge in [-0.25, -0.2) is 8.78 Å². The van der Waals surface area contributed by atoms with Crippen LogP contribution < -0.4 is 4.90 Å². The fraction of sp³-hybridized carbons (Fsp3) is 0.588. The van der Waals surface area contributed by atoms with E-state index < -0.39 is 17.4 Å². The van der Waals surface area contributed by atoms with Crippen molar-refractivity contribution in [1.29, 1.82) is 0 Å². The van der Waals surface area contributed by atoms with Gasteiger partial charge in [-0.15, -0.1) is 0 Å². The molecule has 1 aliphatic carbocycles. The van der Waals surface area contributed by atoms with Gasteiger partial charge >= 0.3 is 0 Å². The van der Waals surface area contributed by atoms with E-state index in [2.05, 4.69) is 0 Å². The first-order valence-corrected chi connectivity index (χ1v) is 7.99. The molecule has 2 aliphatic rings. The molecule has 1 saturated carbocycles. The third-order valence-electron chi connectivity index (χ3n) is 4.81. The van der Waals surface area contributed by atoms with Crippen LogP contribution in [0.4, 0.5) is 14.5 Å². The predicted octanol–water partition coefficient (Wildman–Crippen LogP) is 3.25. The summed E-state index contributed by atoms with van der Waals surface area (Å²) in [5.41, 5.74) is 0.364. The minimum absolute atomic E-state index is 0.0924. The number of halogens is 2. The second-order valence-corrected chi connectivity index (χ2v) is 6.31. The molecule has 0 bridgehead atoms. The first-order valence-electron chi connectivity index (χ1n) is 7.99. The highest BCUT2D eigenvalue weighted by atomic mass is 19.2. The Balaban J connectivity index is 1.55. The largest absolute Gasteiger partial charge is 0.348 e. The molecule has 1 aromatic carbocycles. The summed E-state index contributed by atoms with van der Waals surface area (Å²) in [7, 11) is 1.59. The van der Waals surface area contributed by atoms with Crippen molar-refractivity contribution in [1.82, 2.24) is 0 Å². The lowest BCUT2D eigenvalue weighted by atomic mass is 9.83. The van der Waals surface area contributed by atoms with E-state index in [1.165, 1.54) is 11.0 Å². The van der Waals surface area contributed by atoms with Crippen LogP contribution in [0.25, 0.3) is 0 Å². The Morgan fingerprint density at radius 1 is 1.22 bits per heavy atom. The quantitative estimate of drug-likeness (QED) is 0.856. The number of ether oxygens (including phenoxy) is 2. The van der Waals surface area contributed by atoms with E-state index in [9.17, 15) is 13.6 Å². The summed E-state index contributed by atoms with van der Waals surface area (Å²) in [6.45, 7) is 1.28. The van der Waals surface area contributed by atoms with E-state index in [1.807, 2.05) is 0 Å². The van der Waals surface area contributed by atoms with Gasteiger partial charge in [-0.1, -0.05) is 0 Å². The summed E-state index contributed by atoms with van der Waals surface area (Å²) in [5, 5.41) is 0. The van der Waals surface area contributed by atoms with Gasteiger partial charge in [0.15, 0.2) is 17.4 Å². The molecule has 126 valence electrons. The van der Waals surface area contributed by atoms with Gasteiger partial charge in [0, 0.05) is 38.1 Å². The Morgan fingerprint density at radius 3 is 2.48 bits per heavy atom. The zero-order chi connectivity index (χ0) is 16.4. The summed E-state index contributed by atoms with van der Waals surface area (Å²) in [6.07, 6.45) is 3.75. The molecular formula is C17H21F2NO3. The van der Waals surface area contributed by atoms with Crippen molar-refractivity contribution in [3.05, 3.63) is 29.8 Å². The minimum Gasteiger partial charge on any atom is -0.348 e. The van der Waals surface area contributed by atoms with Crippen LogP contribution >= 0.6 is 0 Å². The molecule has 0 N–H and O–H groups in total. The molecule has 4 nitrogen and oxygen atoms in total. The highest BCUT2D eigenvalue weighted by Gasteiger charge is 2.40. The lowest BCUT2D eigenvalue weighted by Gasteiger charge is -2.35. The SMILES string of the molecule is CN(C(=O)CC1CCC2(CC1)OCCO2)c1ccc(F)c(F)c1. The van der Waals surface area contributed by atoms with Crippen molar-refractivity contribution in [2.75, 3.05) is 25.2 Å². The number of carbonyl (C=O) groups is 1. The van der Waals surface area contributed by atoms with Crippen molar-refractivity contribution in [3.8, 4) is 0 Å². The van der Waals surface area contributed by atoms with Crippen molar-refractivity contribution in [3.63, 3.8) is 0 Å². The molecule has 1 saturated heterocycles. The van der Waals surface area contributed by atoms with Gasteiger partial charge in [-0.05, 0) is 30.9 Å². The lowest BCUT2D eigenvalue weighted by Crippen LogP contribution is -2.37. The number of nitrogens with zero attached hydrogens (tertiary/aromatic N) is 1. The van der Waals surface area contributed by atoms with Crippen LogP contribution in [-0.2, 0) is 14.3 Å². The number of rotatable bonds is 3. The van der Waals surface area contributed by atoms with E-state index in [-0.39, 0.29) is 11.8 Å². The maximum Gasteiger partial charge on any atom is 0.226 e. The number of benzene rings is 1. The predicted molar refractivity (Wildman–Crippen MR) is 81.0 cm³/mol. The zero-order valence-corrected chi connectivity index (χ0v) is 13.2. The molecule has 1 aliphatic heterocycles. The number of carbonyl (C=O) groups excluding carboxylic acids is 1. The van der Waals surface area contributed by atoms with Crippen LogP contribution in [0.5, 0.6) is 0 Å². The molecule has 1 amide bonds. The number of amides is 1. The second-order valence-electron chi connectivity index (χ2n) is 6.31. The second kappa shape index (κ2) is 6.53. The third kappa shape index (κ3) is 3.53. The molecule has 1 heterocycles. The summed E-state index contributed by atoms with van der Waals surface area (Å²) < 4.78 is 37.6. The summed E-state index contributed by atoms with van der Waals surface area (Å²) >= 11 is 0. The molecule has 2 fully saturated rings. The van der Waals surface area contributed by atoms with Crippen LogP contribution in [0, 0.1) is 17.6 Å². The van der Waals surface area contributed by atoms with Gasteiger partial charge in [0.05, 0.1) is 13.2 Å². The minimum atomic E-state index is -0.947. The third-order valence-corrected chi connectivity index (χ3v) is 4.81. The molecule has 0 aromatic heterocycles. The monoisotopic (exact) mass is 325 g/mol. The van der Waals surface area contributed by atoms with Crippen LogP contribution in [0.3, 0.4) is 0 Å². The Hall–Kier alpha value is -1.53. The molecule has 0 atom stereocenters. The average Bonchev–Trinajstić information content (AvgIpc) is 3.00. The molecule has 23 heavy (non-hydrogen) atoms. The van der Waals surface area contributed by atoms with Crippen LogP contribution in [-0.4, -0.2) is 32.0 Å². The van der Waals surface area contributed by atoms with E-state index in [1.54, 1.807) is 7.05 Å². The highest BCUT2D eigenvalue weighted by molar-refractivity contribution is 5.92. The van der Waals surface area contributed by atoms with E-state index >= 15 is 0 Å². The van der Waals surface area contributed by atoms with Gasteiger partial charge in [0.2, 0.25) is 5.91 Å². The van der Waals surface area contributed by atoms with Crippen molar-refractivity contribution in [2.45, 2.75) is 37.9 Å². The fourth-order valence-electron chi connectivity index (χ4n) is 3.33. The standard InChI is InChI=1S/C17H21F2NO3/c1-20(13-2-3-14(18)15(19)11-13)16(21)10-12-4-6-17(7-5-12)22-8-9-23-17/h2-3,11-12H,4-10H2,1H3. The molecule has 0 unspecified atom stereocenters. The van der Waals surface area contributed by atoms with Crippen molar-refractivity contribution < 1.29 is 23.0 Å². The molecule has 6 heteroatoms. The normalized spacial score (nSPS) is 20.8. The van der Waals surface area contributed by atoms with Gasteiger partial charge < -0.3 is 14.4 Å². The van der Waals surface area contributed by atoms with Crippen LogP contribution in [0.2, 0.25) is 0 Å². The first-order chi connectivity index (χ1) is 11.0. The van der Waals surface area contributed by atoms with Crippen LogP contribution in [0.15, 0.2) is 18.2 Å². The lowest BCUT2D eigenvalue weighted by molar-refractivity contribution is -0.183. The summed E-state index contributed by atoms with van der Waals surface area (Å²) in [6, 6.07) is 3.49. The Kier molecular flexibility index (Phi) is 4.64. The maximum absolute atomic E-state index is 13.3. The molecule has 3 rings (SSSR count). The molecule has 0 radical (unpaired) electrons. The van der Waals surface area contributed by atoms with E-state index in [0.717, 1.165) is 37.8 Å². The Labute approximate surface area is 134 Å². The topological polar surface area (TPSA) is 38.8 Å².